The number of hydrogen-bond acceptors (Lipinski definition) is 7. The van der Waals surface area contributed by atoms with Crippen LogP contribution in [0.3, 0.4) is 0 Å². The second kappa shape index (κ2) is 13.5. The van der Waals surface area contributed by atoms with Gasteiger partial charge in [-0.05, 0) is 54.4 Å². The molecule has 1 heterocycles. The minimum Gasteiger partial charge on any atom is -0.480 e. The zero-order chi connectivity index (χ0) is 29.4. The van der Waals surface area contributed by atoms with Gasteiger partial charge < -0.3 is 19.6 Å². The number of nitrogens with zero attached hydrogens (tertiary/aromatic N) is 1. The molecule has 0 saturated carbocycles. The van der Waals surface area contributed by atoms with Crippen LogP contribution in [0.4, 0.5) is 11.4 Å². The van der Waals surface area contributed by atoms with E-state index >= 15 is 0 Å². The molecule has 0 saturated heterocycles. The van der Waals surface area contributed by atoms with Crippen LogP contribution in [0, 0.1) is 6.92 Å². The molecule has 0 radical (unpaired) electrons. The first-order chi connectivity index (χ1) is 19.0. The van der Waals surface area contributed by atoms with Crippen LogP contribution in [0.1, 0.15) is 36.4 Å². The summed E-state index contributed by atoms with van der Waals surface area (Å²) in [6, 6.07) is 18.9. The molecule has 0 bridgehead atoms. The maximum atomic E-state index is 13.0. The minimum atomic E-state index is -3.91. The first kappa shape index (κ1) is 30.7. The largest absolute Gasteiger partial charge is 0.480 e. The normalized spacial score (nSPS) is 11.2. The Morgan fingerprint density at radius 1 is 0.975 bits per heavy atom. The summed E-state index contributed by atoms with van der Waals surface area (Å²) in [6.07, 6.45) is 3.17. The molecule has 1 aromatic heterocycles. The Morgan fingerprint density at radius 3 is 2.10 bits per heavy atom. The number of carbonyl (C=O) groups is 2. The number of hydrogen-bond donors (Lipinski definition) is 3. The van der Waals surface area contributed by atoms with E-state index in [1.54, 1.807) is 24.3 Å². The molecule has 0 aliphatic rings. The van der Waals surface area contributed by atoms with E-state index in [4.69, 9.17) is 9.52 Å². The Morgan fingerprint density at radius 2 is 1.55 bits per heavy atom. The predicted octanol–water partition coefficient (Wildman–Crippen LogP) is 6.47. The number of carboxylic acid groups (broad SMARTS) is 1. The van der Waals surface area contributed by atoms with Crippen molar-refractivity contribution in [2.24, 2.45) is 0 Å². The topological polar surface area (TPSA) is 129 Å². The van der Waals surface area contributed by atoms with Gasteiger partial charge >= 0.3 is 5.97 Å². The summed E-state index contributed by atoms with van der Waals surface area (Å²) in [5.41, 5.74) is 4.39. The van der Waals surface area contributed by atoms with Gasteiger partial charge in [-0.2, -0.15) is 4.31 Å². The molecule has 0 spiro atoms. The van der Waals surface area contributed by atoms with E-state index in [1.807, 2.05) is 43.5 Å². The molecule has 0 atom stereocenters. The predicted molar refractivity (Wildman–Crippen MR) is 161 cm³/mol. The fourth-order valence-corrected chi connectivity index (χ4v) is 5.43. The molecule has 0 fully saturated rings. The van der Waals surface area contributed by atoms with Crippen molar-refractivity contribution in [3.05, 3.63) is 78.1 Å². The number of fused-ring (bicyclic) bond motifs is 1. The zero-order valence-corrected chi connectivity index (χ0v) is 24.7. The lowest BCUT2D eigenvalue weighted by Gasteiger charge is -2.15. The molecule has 0 unspecified atom stereocenters. The zero-order valence-electron chi connectivity index (χ0n) is 23.0. The number of sulfonamides is 1. The van der Waals surface area contributed by atoms with Crippen molar-refractivity contribution in [1.29, 1.82) is 0 Å². The Bertz CT molecular complexity index is 1580. The van der Waals surface area contributed by atoms with Crippen LogP contribution >= 0.6 is 11.9 Å². The molecule has 0 aliphatic heterocycles. The number of carbonyl (C=O) groups excluding carboxylic acids is 1. The number of rotatable bonds is 9. The van der Waals surface area contributed by atoms with Gasteiger partial charge in [-0.25, -0.2) is 8.42 Å². The van der Waals surface area contributed by atoms with Gasteiger partial charge in [0.15, 0.2) is 5.76 Å². The smallest absolute Gasteiger partial charge is 0.318 e. The van der Waals surface area contributed by atoms with E-state index in [0.717, 1.165) is 32.1 Å². The third-order valence-electron chi connectivity index (χ3n) is 5.77. The van der Waals surface area contributed by atoms with Crippen molar-refractivity contribution in [1.82, 2.24) is 4.31 Å². The molecule has 3 N–H and O–H groups in total. The van der Waals surface area contributed by atoms with Gasteiger partial charge in [0, 0.05) is 29.9 Å². The summed E-state index contributed by atoms with van der Waals surface area (Å²) in [5.74, 6) is -1.36. The van der Waals surface area contributed by atoms with Crippen LogP contribution in [0.2, 0.25) is 0 Å². The van der Waals surface area contributed by atoms with E-state index in [-0.39, 0.29) is 16.6 Å². The van der Waals surface area contributed by atoms with Crippen molar-refractivity contribution in [3.8, 4) is 11.1 Å². The quantitative estimate of drug-likeness (QED) is 0.191. The Hall–Kier alpha value is -3.80. The Labute approximate surface area is 238 Å². The van der Waals surface area contributed by atoms with Crippen molar-refractivity contribution in [3.63, 3.8) is 0 Å². The number of aliphatic carboxylic acids is 1. The summed E-state index contributed by atoms with van der Waals surface area (Å²) in [4.78, 5) is 23.8. The van der Waals surface area contributed by atoms with Crippen LogP contribution in [-0.4, -0.2) is 49.6 Å². The lowest BCUT2D eigenvalue weighted by Crippen LogP contribution is -2.31. The lowest BCUT2D eigenvalue weighted by atomic mass is 10.1. The van der Waals surface area contributed by atoms with Crippen molar-refractivity contribution < 1.29 is 27.5 Å². The Kier molecular flexibility index (Phi) is 10.4. The van der Waals surface area contributed by atoms with Crippen LogP contribution in [0.15, 0.2) is 76.0 Å². The monoisotopic (exact) mass is 583 g/mol. The van der Waals surface area contributed by atoms with E-state index in [1.165, 1.54) is 37.5 Å². The molecule has 3 aromatic carbocycles. The number of anilines is 2. The van der Waals surface area contributed by atoms with Crippen molar-refractivity contribution in [2.45, 2.75) is 32.1 Å². The average Bonchev–Trinajstić information content (AvgIpc) is 3.27. The van der Waals surface area contributed by atoms with Gasteiger partial charge in [0.25, 0.3) is 5.91 Å². The fourth-order valence-electron chi connectivity index (χ4n) is 3.92. The summed E-state index contributed by atoms with van der Waals surface area (Å²) in [5, 5.41) is 12.6. The highest BCUT2D eigenvalue weighted by atomic mass is 32.2. The highest BCUT2D eigenvalue weighted by Crippen LogP contribution is 2.33. The molecule has 0 aliphatic carbocycles. The number of amides is 1. The molecule has 212 valence electrons. The molecule has 4 aromatic rings. The third-order valence-corrected chi connectivity index (χ3v) is 8.01. The van der Waals surface area contributed by atoms with Crippen LogP contribution < -0.4 is 10.0 Å². The standard InChI is InChI=1S/C26H25N3O6S2.C3H8/c1-16-24-21(28-36-3)5-4-6-22(24)35-25(16)26(32)27-19-11-7-17(8-12-19)18-9-13-20(14-10-18)37(33,34)29(2)15-23(30)31;1-3-2/h4-14,28H,15H2,1-3H3,(H,27,32)(H,30,31);3H2,1-2H3. The van der Waals surface area contributed by atoms with E-state index in [2.05, 4.69) is 23.9 Å². The second-order valence-electron chi connectivity index (χ2n) is 8.96. The van der Waals surface area contributed by atoms with Gasteiger partial charge in [0.2, 0.25) is 10.0 Å². The summed E-state index contributed by atoms with van der Waals surface area (Å²) in [7, 11) is -2.69. The maximum absolute atomic E-state index is 13.0. The number of nitrogens with one attached hydrogen (secondary N) is 2. The molecule has 4 rings (SSSR count). The van der Waals surface area contributed by atoms with Gasteiger partial charge in [-0.15, -0.1) is 0 Å². The van der Waals surface area contributed by atoms with Gasteiger partial charge in [-0.3, -0.25) is 9.59 Å². The molecular formula is C29H33N3O6S2. The SMILES string of the molecule is CCC.CSNc1cccc2oc(C(=O)Nc3ccc(-c4ccc(S(=O)(=O)N(C)CC(=O)O)cc4)cc3)c(C)c12. The highest BCUT2D eigenvalue weighted by Gasteiger charge is 2.23. The van der Waals surface area contributed by atoms with Gasteiger partial charge in [-0.1, -0.05) is 62.5 Å². The van der Waals surface area contributed by atoms with E-state index < -0.39 is 22.5 Å². The van der Waals surface area contributed by atoms with Gasteiger partial charge in [0.05, 0.1) is 10.6 Å². The van der Waals surface area contributed by atoms with Crippen LogP contribution in [-0.2, 0) is 14.8 Å². The first-order valence-corrected chi connectivity index (χ1v) is 15.2. The molecule has 1 amide bonds. The first-order valence-electron chi connectivity index (χ1n) is 12.5. The van der Waals surface area contributed by atoms with E-state index in [0.29, 0.717) is 11.3 Å². The van der Waals surface area contributed by atoms with Crippen molar-refractivity contribution >= 4 is 56.2 Å². The van der Waals surface area contributed by atoms with Gasteiger partial charge in [0.1, 0.15) is 12.1 Å². The number of benzene rings is 3. The second-order valence-corrected chi connectivity index (χ2v) is 11.6. The fraction of sp³-hybridized carbons (Fsp3) is 0.241. The highest BCUT2D eigenvalue weighted by molar-refractivity contribution is 7.99. The summed E-state index contributed by atoms with van der Waals surface area (Å²) >= 11 is 1.46. The summed E-state index contributed by atoms with van der Waals surface area (Å²) < 4.78 is 34.9. The summed E-state index contributed by atoms with van der Waals surface area (Å²) in [6.45, 7) is 5.47. The molecule has 40 heavy (non-hydrogen) atoms. The van der Waals surface area contributed by atoms with Crippen molar-refractivity contribution in [2.75, 3.05) is 29.9 Å². The number of aryl methyl sites for hydroxylation is 1. The molecule has 11 heteroatoms. The van der Waals surface area contributed by atoms with Crippen LogP contribution in [0.25, 0.3) is 22.1 Å². The maximum Gasteiger partial charge on any atom is 0.318 e. The minimum absolute atomic E-state index is 0.000904. The molecular weight excluding hydrogens is 550 g/mol. The molecule has 9 nitrogen and oxygen atoms in total. The number of carboxylic acids is 1. The number of furan rings is 1. The van der Waals surface area contributed by atoms with Crippen LogP contribution in [0.5, 0.6) is 0 Å². The Balaban J connectivity index is 0.00000141. The van der Waals surface area contributed by atoms with E-state index in [9.17, 15) is 18.0 Å². The third kappa shape index (κ3) is 7.04. The lowest BCUT2D eigenvalue weighted by molar-refractivity contribution is -0.137. The average molecular weight is 584 g/mol. The number of likely N-dealkylation sites (N-methyl/N-ethyl adjacent to an activating group) is 1.